The van der Waals surface area contributed by atoms with Crippen molar-refractivity contribution in [1.29, 1.82) is 0 Å². The molecule has 2 heterocycles. The third kappa shape index (κ3) is 2.50. The maximum absolute atomic E-state index is 4.25. The smallest absolute Gasteiger partial charge is 0.138 e. The van der Waals surface area contributed by atoms with E-state index in [0.29, 0.717) is 0 Å². The van der Waals surface area contributed by atoms with Crippen LogP contribution in [0.1, 0.15) is 23.0 Å². The topological polar surface area (TPSA) is 55.6 Å². The van der Waals surface area contributed by atoms with Crippen molar-refractivity contribution in [2.24, 2.45) is 7.05 Å². The quantitative estimate of drug-likeness (QED) is 0.853. The molecule has 0 bridgehead atoms. The van der Waals surface area contributed by atoms with Crippen molar-refractivity contribution in [2.75, 3.05) is 7.05 Å². The van der Waals surface area contributed by atoms with E-state index in [9.17, 15) is 0 Å². The van der Waals surface area contributed by atoms with Crippen molar-refractivity contribution < 1.29 is 0 Å². The lowest BCUT2D eigenvalue weighted by Crippen LogP contribution is -2.21. The van der Waals surface area contributed by atoms with Crippen LogP contribution in [-0.2, 0) is 13.5 Å². The van der Waals surface area contributed by atoms with E-state index in [4.69, 9.17) is 0 Å². The Labute approximate surface area is 101 Å². The molecule has 90 valence electrons. The molecule has 0 spiro atoms. The summed E-state index contributed by atoms with van der Waals surface area (Å²) >= 11 is 0. The second-order valence-electron chi connectivity index (χ2n) is 4.08. The van der Waals surface area contributed by atoms with Crippen LogP contribution in [0.3, 0.4) is 0 Å². The molecule has 17 heavy (non-hydrogen) atoms. The van der Waals surface area contributed by atoms with Gasteiger partial charge in [-0.1, -0.05) is 0 Å². The second-order valence-corrected chi connectivity index (χ2v) is 4.08. The minimum Gasteiger partial charge on any atom is -0.313 e. The van der Waals surface area contributed by atoms with E-state index in [0.717, 1.165) is 12.2 Å². The van der Waals surface area contributed by atoms with Crippen LogP contribution in [0.2, 0.25) is 0 Å². The summed E-state index contributed by atoms with van der Waals surface area (Å²) in [5.41, 5.74) is 2.44. The summed E-state index contributed by atoms with van der Waals surface area (Å²) in [6.07, 6.45) is 6.11. The summed E-state index contributed by atoms with van der Waals surface area (Å²) < 4.78 is 1.81. The first-order valence-electron chi connectivity index (χ1n) is 5.63. The molecule has 0 saturated heterocycles. The molecule has 0 radical (unpaired) electrons. The molecule has 0 aromatic carbocycles. The molecule has 1 N–H and O–H groups in total. The highest BCUT2D eigenvalue weighted by atomic mass is 15.3. The molecule has 0 aliphatic rings. The van der Waals surface area contributed by atoms with E-state index in [1.807, 2.05) is 32.6 Å². The highest BCUT2D eigenvalue weighted by molar-refractivity contribution is 5.26. The van der Waals surface area contributed by atoms with Gasteiger partial charge in [0, 0.05) is 31.9 Å². The number of nitrogens with one attached hydrogen (secondary N) is 1. The summed E-state index contributed by atoms with van der Waals surface area (Å²) in [5.74, 6) is 0.973. The monoisotopic (exact) mass is 231 g/mol. The van der Waals surface area contributed by atoms with E-state index in [1.165, 1.54) is 11.1 Å². The Kier molecular flexibility index (Phi) is 3.49. The normalized spacial score (nSPS) is 12.6. The molecule has 0 aliphatic carbocycles. The lowest BCUT2D eigenvalue weighted by molar-refractivity contribution is 0.550. The number of aromatic nitrogens is 4. The Hall–Kier alpha value is -1.75. The summed E-state index contributed by atoms with van der Waals surface area (Å²) in [4.78, 5) is 8.37. The summed E-state index contributed by atoms with van der Waals surface area (Å²) in [6.45, 7) is 2.07. The van der Waals surface area contributed by atoms with Crippen molar-refractivity contribution in [2.45, 2.75) is 19.4 Å². The maximum atomic E-state index is 4.25. The molecule has 0 amide bonds. The fourth-order valence-corrected chi connectivity index (χ4v) is 1.93. The minimum absolute atomic E-state index is 0.237. The zero-order valence-corrected chi connectivity index (χ0v) is 10.4. The first kappa shape index (κ1) is 11.7. The van der Waals surface area contributed by atoms with Gasteiger partial charge in [0.05, 0.1) is 0 Å². The van der Waals surface area contributed by atoms with Crippen LogP contribution in [-0.4, -0.2) is 26.8 Å². The highest BCUT2D eigenvalue weighted by Gasteiger charge is 2.14. The number of nitrogens with zero attached hydrogens (tertiary/aromatic N) is 4. The lowest BCUT2D eigenvalue weighted by atomic mass is 10.0. The molecule has 2 aromatic rings. The van der Waals surface area contributed by atoms with E-state index in [2.05, 4.69) is 27.3 Å². The van der Waals surface area contributed by atoms with Gasteiger partial charge in [-0.2, -0.15) is 5.10 Å². The van der Waals surface area contributed by atoms with Crippen LogP contribution in [0.25, 0.3) is 0 Å². The molecule has 2 rings (SSSR count). The molecule has 1 atom stereocenters. The molecular formula is C12H17N5. The first-order valence-corrected chi connectivity index (χ1v) is 5.63. The average molecular weight is 231 g/mol. The summed E-state index contributed by atoms with van der Waals surface area (Å²) in [6, 6.07) is 2.29. The predicted octanol–water partition coefficient (Wildman–Crippen LogP) is 1.02. The van der Waals surface area contributed by atoms with E-state index in [1.54, 1.807) is 11.0 Å². The zero-order chi connectivity index (χ0) is 12.3. The minimum atomic E-state index is 0.237. The summed E-state index contributed by atoms with van der Waals surface area (Å²) in [7, 11) is 3.87. The Balaban J connectivity index is 2.23. The number of aryl methyl sites for hydroxylation is 2. The van der Waals surface area contributed by atoms with Gasteiger partial charge in [0.2, 0.25) is 0 Å². The first-order chi connectivity index (χ1) is 8.22. The van der Waals surface area contributed by atoms with Crippen molar-refractivity contribution in [3.8, 4) is 0 Å². The Morgan fingerprint density at radius 3 is 2.88 bits per heavy atom. The van der Waals surface area contributed by atoms with Gasteiger partial charge in [-0.15, -0.1) is 0 Å². The largest absolute Gasteiger partial charge is 0.313 e. The number of pyridine rings is 1. The summed E-state index contributed by atoms with van der Waals surface area (Å²) in [5, 5.41) is 7.40. The van der Waals surface area contributed by atoms with Gasteiger partial charge in [0.15, 0.2) is 0 Å². The zero-order valence-electron chi connectivity index (χ0n) is 10.4. The Bertz CT molecular complexity index is 491. The Morgan fingerprint density at radius 1 is 1.47 bits per heavy atom. The molecule has 5 nitrogen and oxygen atoms in total. The van der Waals surface area contributed by atoms with E-state index in [-0.39, 0.29) is 6.04 Å². The van der Waals surface area contributed by atoms with E-state index < -0.39 is 0 Å². The fraction of sp³-hybridized carbons (Fsp3) is 0.417. The fourth-order valence-electron chi connectivity index (χ4n) is 1.93. The molecule has 0 aliphatic heterocycles. The number of likely N-dealkylation sites (N-methyl/N-ethyl adjacent to an activating group) is 1. The molecule has 0 saturated carbocycles. The second kappa shape index (κ2) is 5.05. The average Bonchev–Trinajstić information content (AvgIpc) is 2.73. The van der Waals surface area contributed by atoms with Crippen LogP contribution in [0, 0.1) is 6.92 Å². The van der Waals surface area contributed by atoms with Crippen LogP contribution in [0.5, 0.6) is 0 Å². The molecule has 0 fully saturated rings. The molecule has 5 heteroatoms. The van der Waals surface area contributed by atoms with Gasteiger partial charge < -0.3 is 5.32 Å². The number of hydrogen-bond donors (Lipinski definition) is 1. The Morgan fingerprint density at radius 2 is 2.29 bits per heavy atom. The molecular weight excluding hydrogens is 214 g/mol. The maximum Gasteiger partial charge on any atom is 0.138 e. The van der Waals surface area contributed by atoms with E-state index >= 15 is 0 Å². The standard InChI is InChI=1S/C12H17N5/c1-9-7-14-5-4-10(9)11(13-2)6-12-15-8-16-17(12)3/h4-5,7-8,11,13H,6H2,1-3H3. The van der Waals surface area contributed by atoms with Gasteiger partial charge >= 0.3 is 0 Å². The van der Waals surface area contributed by atoms with Crippen LogP contribution >= 0.6 is 0 Å². The van der Waals surface area contributed by atoms with Crippen molar-refractivity contribution in [1.82, 2.24) is 25.1 Å². The molecule has 2 aromatic heterocycles. The SMILES string of the molecule is CNC(Cc1ncnn1C)c1ccncc1C. The third-order valence-electron chi connectivity index (χ3n) is 2.98. The highest BCUT2D eigenvalue weighted by Crippen LogP contribution is 2.19. The van der Waals surface area contributed by atoms with Crippen LogP contribution in [0.4, 0.5) is 0 Å². The number of rotatable bonds is 4. The van der Waals surface area contributed by atoms with Crippen molar-refractivity contribution >= 4 is 0 Å². The van der Waals surface area contributed by atoms with Crippen LogP contribution < -0.4 is 5.32 Å². The van der Waals surface area contributed by atoms with Crippen LogP contribution in [0.15, 0.2) is 24.8 Å². The van der Waals surface area contributed by atoms with Crippen molar-refractivity contribution in [3.63, 3.8) is 0 Å². The predicted molar refractivity (Wildman–Crippen MR) is 65.5 cm³/mol. The lowest BCUT2D eigenvalue weighted by Gasteiger charge is -2.17. The van der Waals surface area contributed by atoms with Gasteiger partial charge in [-0.3, -0.25) is 9.67 Å². The molecule has 1 unspecified atom stereocenters. The third-order valence-corrected chi connectivity index (χ3v) is 2.98. The number of hydrogen-bond acceptors (Lipinski definition) is 4. The van der Waals surface area contributed by atoms with Gasteiger partial charge in [0.1, 0.15) is 12.2 Å². The van der Waals surface area contributed by atoms with Gasteiger partial charge in [-0.05, 0) is 31.2 Å². The van der Waals surface area contributed by atoms with Gasteiger partial charge in [0.25, 0.3) is 0 Å². The van der Waals surface area contributed by atoms with Crippen molar-refractivity contribution in [3.05, 3.63) is 41.7 Å². The van der Waals surface area contributed by atoms with Gasteiger partial charge in [-0.25, -0.2) is 4.98 Å².